The fourth-order valence-electron chi connectivity index (χ4n) is 3.66. The summed E-state index contributed by atoms with van der Waals surface area (Å²) < 4.78 is 0. The molecule has 0 aliphatic carbocycles. The highest BCUT2D eigenvalue weighted by atomic mass is 35.5. The summed E-state index contributed by atoms with van der Waals surface area (Å²) in [5.74, 6) is -1.15. The highest BCUT2D eigenvalue weighted by molar-refractivity contribution is 6.39. The van der Waals surface area contributed by atoms with Crippen molar-refractivity contribution < 1.29 is 19.5 Å². The van der Waals surface area contributed by atoms with Crippen molar-refractivity contribution in [3.05, 3.63) is 47.5 Å². The number of hydrogen-bond acceptors (Lipinski definition) is 5. The average Bonchev–Trinajstić information content (AvgIpc) is 3.21. The summed E-state index contributed by atoms with van der Waals surface area (Å²) in [6, 6.07) is 11.4. The van der Waals surface area contributed by atoms with Crippen LogP contribution in [-0.4, -0.2) is 67.1 Å². The predicted octanol–water partition coefficient (Wildman–Crippen LogP) is 1.86. The Balaban J connectivity index is 1.36. The zero-order chi connectivity index (χ0) is 22.0. The summed E-state index contributed by atoms with van der Waals surface area (Å²) in [7, 11) is 0. The number of benzene rings is 2. The molecule has 0 atom stereocenters. The lowest BCUT2D eigenvalue weighted by Crippen LogP contribution is -2.51. The third kappa shape index (κ3) is 4.51. The lowest BCUT2D eigenvalue weighted by Gasteiger charge is -2.35. The van der Waals surface area contributed by atoms with Crippen molar-refractivity contribution in [1.82, 2.24) is 10.2 Å². The van der Waals surface area contributed by atoms with Crippen LogP contribution in [0.3, 0.4) is 0 Å². The highest BCUT2D eigenvalue weighted by Crippen LogP contribution is 2.30. The molecule has 2 aromatic rings. The van der Waals surface area contributed by atoms with Gasteiger partial charge >= 0.3 is 17.8 Å². The van der Waals surface area contributed by atoms with E-state index in [2.05, 4.69) is 15.5 Å². The number of amides is 4. The van der Waals surface area contributed by atoms with Crippen LogP contribution >= 0.6 is 11.6 Å². The molecule has 4 amide bonds. The van der Waals surface area contributed by atoms with Gasteiger partial charge in [-0.3, -0.25) is 14.5 Å². The molecule has 0 unspecified atom stereocenters. The van der Waals surface area contributed by atoms with Crippen molar-refractivity contribution in [2.24, 2.45) is 0 Å². The molecule has 2 aliphatic heterocycles. The van der Waals surface area contributed by atoms with Crippen molar-refractivity contribution in [3.8, 4) is 5.75 Å². The smallest absolute Gasteiger partial charge is 0.322 e. The first-order valence-electron chi connectivity index (χ1n) is 9.91. The van der Waals surface area contributed by atoms with Gasteiger partial charge in [-0.15, -0.1) is 0 Å². The number of hydrogen-bond donors (Lipinski definition) is 3. The van der Waals surface area contributed by atoms with Crippen molar-refractivity contribution >= 4 is 46.5 Å². The monoisotopic (exact) mass is 443 g/mol. The molecular weight excluding hydrogens is 422 g/mol. The van der Waals surface area contributed by atoms with E-state index in [-0.39, 0.29) is 11.8 Å². The Morgan fingerprint density at radius 1 is 1.00 bits per heavy atom. The Bertz CT molecular complexity index is 1010. The Morgan fingerprint density at radius 2 is 1.71 bits per heavy atom. The number of urea groups is 1. The minimum atomic E-state index is -0.739. The van der Waals surface area contributed by atoms with Gasteiger partial charge in [0.15, 0.2) is 0 Å². The Hall–Kier alpha value is -3.46. The number of anilines is 3. The molecule has 0 radical (unpaired) electrons. The first kappa shape index (κ1) is 20.8. The minimum absolute atomic E-state index is 0.199. The Kier molecular flexibility index (Phi) is 5.85. The standard InChI is InChI=1S/C21H22ClN5O4/c22-17-6-1-14(13-18(17)27-8-7-23-21(27)31)24-19(29)20(30)26-11-9-25(10-12-26)15-2-4-16(28)5-3-15/h1-6,13,28H,7-12H2,(H,23,31)(H,24,29). The lowest BCUT2D eigenvalue weighted by atomic mass is 10.2. The molecule has 3 N–H and O–H groups in total. The van der Waals surface area contributed by atoms with Gasteiger partial charge in [0.05, 0.1) is 10.7 Å². The van der Waals surface area contributed by atoms with E-state index in [0.717, 1.165) is 5.69 Å². The second kappa shape index (κ2) is 8.73. The van der Waals surface area contributed by atoms with Crippen molar-refractivity contribution in [2.75, 3.05) is 54.4 Å². The second-order valence-electron chi connectivity index (χ2n) is 7.30. The summed E-state index contributed by atoms with van der Waals surface area (Å²) in [6.45, 7) is 2.97. The van der Waals surface area contributed by atoms with E-state index >= 15 is 0 Å². The summed E-state index contributed by atoms with van der Waals surface area (Å²) in [5.41, 5.74) is 1.82. The molecule has 0 saturated carbocycles. The first-order valence-corrected chi connectivity index (χ1v) is 10.3. The summed E-state index contributed by atoms with van der Waals surface area (Å²) in [5, 5.41) is 15.1. The summed E-state index contributed by atoms with van der Waals surface area (Å²) in [6.07, 6.45) is 0. The number of aromatic hydroxyl groups is 1. The van der Waals surface area contributed by atoms with Gasteiger partial charge < -0.3 is 25.5 Å². The summed E-state index contributed by atoms with van der Waals surface area (Å²) in [4.78, 5) is 42.1. The van der Waals surface area contributed by atoms with E-state index < -0.39 is 11.8 Å². The van der Waals surface area contributed by atoms with E-state index in [1.807, 2.05) is 12.1 Å². The fraction of sp³-hybridized carbons (Fsp3) is 0.286. The molecule has 0 spiro atoms. The number of piperazine rings is 1. The van der Waals surface area contributed by atoms with Crippen molar-refractivity contribution in [3.63, 3.8) is 0 Å². The molecule has 10 heteroatoms. The highest BCUT2D eigenvalue weighted by Gasteiger charge is 2.27. The number of nitrogens with one attached hydrogen (secondary N) is 2. The third-order valence-electron chi connectivity index (χ3n) is 5.33. The van der Waals surface area contributed by atoms with E-state index in [1.54, 1.807) is 30.3 Å². The van der Waals surface area contributed by atoms with E-state index in [9.17, 15) is 19.5 Å². The normalized spacial score (nSPS) is 16.3. The van der Waals surface area contributed by atoms with Gasteiger partial charge in [0.2, 0.25) is 0 Å². The molecule has 31 heavy (non-hydrogen) atoms. The van der Waals surface area contributed by atoms with Crippen LogP contribution in [0.4, 0.5) is 21.9 Å². The number of halogens is 1. The molecular formula is C21H22ClN5O4. The molecule has 2 aromatic carbocycles. The van der Waals surface area contributed by atoms with Crippen LogP contribution in [0.5, 0.6) is 5.75 Å². The van der Waals surface area contributed by atoms with Gasteiger partial charge in [-0.2, -0.15) is 0 Å². The number of nitrogens with zero attached hydrogens (tertiary/aromatic N) is 3. The Labute approximate surface area is 184 Å². The molecule has 2 heterocycles. The Morgan fingerprint density at radius 3 is 2.35 bits per heavy atom. The molecule has 0 aromatic heterocycles. The van der Waals surface area contributed by atoms with E-state index in [1.165, 1.54) is 9.80 Å². The van der Waals surface area contributed by atoms with Crippen LogP contribution in [0.1, 0.15) is 0 Å². The van der Waals surface area contributed by atoms with Gasteiger partial charge in [-0.25, -0.2) is 4.79 Å². The SMILES string of the molecule is O=C(Nc1ccc(Cl)c(N2CCNC2=O)c1)C(=O)N1CCN(c2ccc(O)cc2)CC1. The maximum Gasteiger partial charge on any atom is 0.322 e. The number of phenolic OH excluding ortho intramolecular Hbond substituents is 1. The summed E-state index contributed by atoms with van der Waals surface area (Å²) >= 11 is 6.21. The van der Waals surface area contributed by atoms with Crippen LogP contribution < -0.4 is 20.4 Å². The van der Waals surface area contributed by atoms with Gasteiger partial charge in [0.1, 0.15) is 5.75 Å². The topological polar surface area (TPSA) is 105 Å². The lowest BCUT2D eigenvalue weighted by molar-refractivity contribution is -0.143. The van der Waals surface area contributed by atoms with Gasteiger partial charge in [-0.1, -0.05) is 11.6 Å². The number of rotatable bonds is 3. The molecule has 0 bridgehead atoms. The van der Waals surface area contributed by atoms with Crippen molar-refractivity contribution in [2.45, 2.75) is 0 Å². The maximum absolute atomic E-state index is 12.6. The predicted molar refractivity (Wildman–Crippen MR) is 118 cm³/mol. The van der Waals surface area contributed by atoms with Crippen LogP contribution in [0.25, 0.3) is 0 Å². The average molecular weight is 444 g/mol. The van der Waals surface area contributed by atoms with Gasteiger partial charge in [0.25, 0.3) is 0 Å². The maximum atomic E-state index is 12.6. The van der Waals surface area contributed by atoms with Crippen LogP contribution in [0.15, 0.2) is 42.5 Å². The molecule has 2 fully saturated rings. The number of phenols is 1. The van der Waals surface area contributed by atoms with Crippen LogP contribution in [0, 0.1) is 0 Å². The molecule has 4 rings (SSSR count). The number of carbonyl (C=O) groups excluding carboxylic acids is 3. The minimum Gasteiger partial charge on any atom is -0.508 e. The van der Waals surface area contributed by atoms with Crippen LogP contribution in [0.2, 0.25) is 5.02 Å². The molecule has 9 nitrogen and oxygen atoms in total. The van der Waals surface area contributed by atoms with E-state index in [4.69, 9.17) is 11.6 Å². The molecule has 2 aliphatic rings. The zero-order valence-electron chi connectivity index (χ0n) is 16.7. The quantitative estimate of drug-likeness (QED) is 0.628. The third-order valence-corrected chi connectivity index (χ3v) is 5.65. The van der Waals surface area contributed by atoms with Crippen molar-refractivity contribution in [1.29, 1.82) is 0 Å². The number of carbonyl (C=O) groups is 3. The van der Waals surface area contributed by atoms with Crippen LogP contribution in [-0.2, 0) is 9.59 Å². The largest absolute Gasteiger partial charge is 0.508 e. The zero-order valence-corrected chi connectivity index (χ0v) is 17.4. The van der Waals surface area contributed by atoms with E-state index in [0.29, 0.717) is 55.7 Å². The molecule has 2 saturated heterocycles. The molecule has 162 valence electrons. The first-order chi connectivity index (χ1) is 14.9. The van der Waals surface area contributed by atoms with Gasteiger partial charge in [0, 0.05) is 50.6 Å². The van der Waals surface area contributed by atoms with Gasteiger partial charge in [-0.05, 0) is 42.5 Å². The fourth-order valence-corrected chi connectivity index (χ4v) is 3.88. The second-order valence-corrected chi connectivity index (χ2v) is 7.71.